The number of carbonyl (C=O) groups is 1. The molecule has 0 aliphatic carbocycles. The van der Waals surface area contributed by atoms with E-state index in [0.29, 0.717) is 6.42 Å². The average Bonchev–Trinajstić information content (AvgIpc) is 2.28. The maximum absolute atomic E-state index is 13.3. The third kappa shape index (κ3) is 3.73. The first-order valence-electron chi connectivity index (χ1n) is 5.46. The summed E-state index contributed by atoms with van der Waals surface area (Å²) in [5.41, 5.74) is 5.62. The molecule has 98 valence electrons. The van der Waals surface area contributed by atoms with Gasteiger partial charge >= 0.3 is 0 Å². The van der Waals surface area contributed by atoms with Crippen LogP contribution in [0.4, 0.5) is 8.78 Å². The molecule has 1 rings (SSSR count). The van der Waals surface area contributed by atoms with Gasteiger partial charge in [0.05, 0.1) is 10.9 Å². The topological polar surface area (TPSA) is 55.1 Å². The van der Waals surface area contributed by atoms with Crippen LogP contribution in [0.25, 0.3) is 0 Å². The lowest BCUT2D eigenvalue weighted by Gasteiger charge is -2.13. The lowest BCUT2D eigenvalue weighted by Crippen LogP contribution is -2.37. The minimum Gasteiger partial charge on any atom is -0.393 e. The van der Waals surface area contributed by atoms with Gasteiger partial charge in [0.25, 0.3) is 0 Å². The van der Waals surface area contributed by atoms with Crippen LogP contribution < -0.4 is 11.1 Å². The van der Waals surface area contributed by atoms with Gasteiger partial charge in [0.15, 0.2) is 0 Å². The lowest BCUT2D eigenvalue weighted by atomic mass is 10.1. The fraction of sp³-hybridized carbons (Fsp3) is 0.333. The van der Waals surface area contributed by atoms with Gasteiger partial charge < -0.3 is 11.1 Å². The Hall–Kier alpha value is -1.56. The highest BCUT2D eigenvalue weighted by Crippen LogP contribution is 2.10. The molecule has 1 aromatic carbocycles. The highest BCUT2D eigenvalue weighted by molar-refractivity contribution is 7.80. The zero-order chi connectivity index (χ0) is 13.7. The molecule has 6 heteroatoms. The first kappa shape index (κ1) is 14.5. The van der Waals surface area contributed by atoms with Crippen molar-refractivity contribution in [3.8, 4) is 0 Å². The van der Waals surface area contributed by atoms with Crippen molar-refractivity contribution in [2.24, 2.45) is 11.7 Å². The van der Waals surface area contributed by atoms with E-state index < -0.39 is 17.6 Å². The van der Waals surface area contributed by atoms with Gasteiger partial charge in [-0.25, -0.2) is 8.78 Å². The molecule has 3 N–H and O–H groups in total. The number of halogens is 2. The molecule has 0 spiro atoms. The highest BCUT2D eigenvalue weighted by Gasteiger charge is 2.19. The Kier molecular flexibility index (Phi) is 5.15. The van der Waals surface area contributed by atoms with Crippen LogP contribution in [0.1, 0.15) is 18.9 Å². The predicted octanol–water partition coefficient (Wildman–Crippen LogP) is 1.89. The largest absolute Gasteiger partial charge is 0.393 e. The molecule has 1 unspecified atom stereocenters. The Morgan fingerprint density at radius 1 is 1.50 bits per heavy atom. The Morgan fingerprint density at radius 2 is 2.17 bits per heavy atom. The Labute approximate surface area is 109 Å². The van der Waals surface area contributed by atoms with Crippen LogP contribution in [0, 0.1) is 17.6 Å². The molecule has 0 aromatic heterocycles. The number of thiocarbonyl (C=S) groups is 1. The highest BCUT2D eigenvalue weighted by atomic mass is 32.1. The number of rotatable bonds is 5. The molecule has 1 amide bonds. The molecular formula is C12H14F2N2OS. The van der Waals surface area contributed by atoms with Gasteiger partial charge in [0.1, 0.15) is 11.6 Å². The summed E-state index contributed by atoms with van der Waals surface area (Å²) in [6, 6.07) is 3.19. The van der Waals surface area contributed by atoms with Crippen molar-refractivity contribution in [1.29, 1.82) is 0 Å². The van der Waals surface area contributed by atoms with Crippen molar-refractivity contribution < 1.29 is 13.6 Å². The standard InChI is InChI=1S/C12H14F2N2OS/c1-2-9(11(15)18)12(17)16-6-7-3-4-8(13)5-10(7)14/h3-5,9H,2,6H2,1H3,(H2,15,18)(H,16,17). The number of hydrogen-bond donors (Lipinski definition) is 2. The summed E-state index contributed by atoms with van der Waals surface area (Å²) in [5.74, 6) is -2.27. The monoisotopic (exact) mass is 272 g/mol. The molecule has 0 aliphatic rings. The molecule has 0 bridgehead atoms. The summed E-state index contributed by atoms with van der Waals surface area (Å²) < 4.78 is 26.0. The minimum atomic E-state index is -0.696. The molecule has 0 fully saturated rings. The van der Waals surface area contributed by atoms with Crippen LogP contribution in [0.5, 0.6) is 0 Å². The van der Waals surface area contributed by atoms with Crippen LogP contribution in [0.2, 0.25) is 0 Å². The second-order valence-electron chi connectivity index (χ2n) is 3.82. The molecule has 3 nitrogen and oxygen atoms in total. The molecule has 18 heavy (non-hydrogen) atoms. The van der Waals surface area contributed by atoms with Gasteiger partial charge in [0.2, 0.25) is 5.91 Å². The van der Waals surface area contributed by atoms with E-state index in [1.54, 1.807) is 6.92 Å². The summed E-state index contributed by atoms with van der Waals surface area (Å²) in [6.45, 7) is 1.76. The summed E-state index contributed by atoms with van der Waals surface area (Å²) in [4.78, 5) is 11.8. The zero-order valence-electron chi connectivity index (χ0n) is 9.87. The maximum Gasteiger partial charge on any atom is 0.230 e. The van der Waals surface area contributed by atoms with Crippen molar-refractivity contribution in [2.45, 2.75) is 19.9 Å². The fourth-order valence-corrected chi connectivity index (χ4v) is 1.76. The average molecular weight is 272 g/mol. The van der Waals surface area contributed by atoms with E-state index in [-0.39, 0.29) is 23.0 Å². The second kappa shape index (κ2) is 6.39. The SMILES string of the molecule is CCC(C(=O)NCc1ccc(F)cc1F)C(N)=S. The normalized spacial score (nSPS) is 11.9. The molecule has 0 saturated heterocycles. The van der Waals surface area contributed by atoms with Gasteiger partial charge in [-0.3, -0.25) is 4.79 Å². The molecule has 0 saturated carbocycles. The van der Waals surface area contributed by atoms with Gasteiger partial charge in [-0.2, -0.15) is 0 Å². The third-order valence-electron chi connectivity index (χ3n) is 2.54. The molecule has 0 aliphatic heterocycles. The Balaban J connectivity index is 2.65. The predicted molar refractivity (Wildman–Crippen MR) is 68.8 cm³/mol. The van der Waals surface area contributed by atoms with E-state index in [1.807, 2.05) is 0 Å². The Morgan fingerprint density at radius 3 is 2.67 bits per heavy atom. The first-order valence-corrected chi connectivity index (χ1v) is 5.87. The van der Waals surface area contributed by atoms with Crippen molar-refractivity contribution in [3.63, 3.8) is 0 Å². The Bertz CT molecular complexity index is 465. The molecule has 0 heterocycles. The summed E-state index contributed by atoms with van der Waals surface area (Å²) in [7, 11) is 0. The number of benzene rings is 1. The van der Waals surface area contributed by atoms with Gasteiger partial charge in [-0.1, -0.05) is 25.2 Å². The number of nitrogens with two attached hydrogens (primary N) is 1. The summed E-state index contributed by atoms with van der Waals surface area (Å²) in [5, 5.41) is 2.52. The van der Waals surface area contributed by atoms with Gasteiger partial charge in [-0.15, -0.1) is 0 Å². The van der Waals surface area contributed by atoms with Crippen molar-refractivity contribution >= 4 is 23.1 Å². The van der Waals surface area contributed by atoms with Crippen LogP contribution in [0.3, 0.4) is 0 Å². The minimum absolute atomic E-state index is 0.0237. The fourth-order valence-electron chi connectivity index (χ4n) is 1.49. The number of nitrogens with one attached hydrogen (secondary N) is 1. The van der Waals surface area contributed by atoms with Crippen LogP contribution in [0.15, 0.2) is 18.2 Å². The second-order valence-corrected chi connectivity index (χ2v) is 4.29. The number of hydrogen-bond acceptors (Lipinski definition) is 2. The smallest absolute Gasteiger partial charge is 0.230 e. The number of carbonyl (C=O) groups excluding carboxylic acids is 1. The van der Waals surface area contributed by atoms with Crippen LogP contribution >= 0.6 is 12.2 Å². The van der Waals surface area contributed by atoms with Crippen molar-refractivity contribution in [1.82, 2.24) is 5.32 Å². The van der Waals surface area contributed by atoms with Crippen molar-refractivity contribution in [2.75, 3.05) is 0 Å². The number of amides is 1. The first-order chi connectivity index (χ1) is 8.45. The van der Waals surface area contributed by atoms with Crippen LogP contribution in [-0.2, 0) is 11.3 Å². The van der Waals surface area contributed by atoms with E-state index >= 15 is 0 Å². The molecule has 1 aromatic rings. The van der Waals surface area contributed by atoms with E-state index in [0.717, 1.165) is 12.1 Å². The summed E-state index contributed by atoms with van der Waals surface area (Å²) >= 11 is 4.76. The quantitative estimate of drug-likeness (QED) is 0.805. The van der Waals surface area contributed by atoms with Gasteiger partial charge in [-0.05, 0) is 12.5 Å². The van der Waals surface area contributed by atoms with Crippen LogP contribution in [-0.4, -0.2) is 10.9 Å². The summed E-state index contributed by atoms with van der Waals surface area (Å²) in [6.07, 6.45) is 0.479. The molecular weight excluding hydrogens is 258 g/mol. The van der Waals surface area contributed by atoms with E-state index in [9.17, 15) is 13.6 Å². The van der Waals surface area contributed by atoms with E-state index in [4.69, 9.17) is 18.0 Å². The third-order valence-corrected chi connectivity index (χ3v) is 2.82. The molecule has 1 atom stereocenters. The van der Waals surface area contributed by atoms with E-state index in [1.165, 1.54) is 6.07 Å². The van der Waals surface area contributed by atoms with Crippen molar-refractivity contribution in [3.05, 3.63) is 35.4 Å². The zero-order valence-corrected chi connectivity index (χ0v) is 10.7. The van der Waals surface area contributed by atoms with E-state index in [2.05, 4.69) is 5.32 Å². The van der Waals surface area contributed by atoms with Gasteiger partial charge in [0, 0.05) is 18.2 Å². The maximum atomic E-state index is 13.3. The lowest BCUT2D eigenvalue weighted by molar-refractivity contribution is -0.123. The molecule has 0 radical (unpaired) electrons.